The Hall–Kier alpha value is -3.26. The van der Waals surface area contributed by atoms with Crippen LogP contribution in [0.1, 0.15) is 0 Å². The Morgan fingerprint density at radius 3 is 2.54 bits per heavy atom. The Balaban J connectivity index is 1.59. The number of pyridine rings is 1. The molecule has 8 nitrogen and oxygen atoms in total. The predicted molar refractivity (Wildman–Crippen MR) is 99.7 cm³/mol. The van der Waals surface area contributed by atoms with Crippen molar-refractivity contribution in [1.82, 2.24) is 15.0 Å². The summed E-state index contributed by atoms with van der Waals surface area (Å²) in [6.45, 7) is 1.07. The van der Waals surface area contributed by atoms with Crippen LogP contribution in [-0.4, -0.2) is 28.2 Å². The fourth-order valence-electron chi connectivity index (χ4n) is 2.46. The van der Waals surface area contributed by atoms with Gasteiger partial charge in [-0.2, -0.15) is 0 Å². The number of benzene rings is 1. The van der Waals surface area contributed by atoms with Gasteiger partial charge >= 0.3 is 0 Å². The van der Waals surface area contributed by atoms with E-state index in [0.29, 0.717) is 52.9 Å². The van der Waals surface area contributed by atoms with E-state index in [1.54, 1.807) is 18.3 Å². The first-order valence-corrected chi connectivity index (χ1v) is 8.23. The van der Waals surface area contributed by atoms with E-state index in [2.05, 4.69) is 25.6 Å². The number of nitrogens with two attached hydrogens (primary N) is 1. The molecule has 0 unspecified atom stereocenters. The van der Waals surface area contributed by atoms with Crippen LogP contribution in [0, 0.1) is 0 Å². The molecule has 0 bridgehead atoms. The quantitative estimate of drug-likeness (QED) is 0.600. The molecule has 0 saturated heterocycles. The molecule has 0 spiro atoms. The van der Waals surface area contributed by atoms with Crippen LogP contribution in [0.4, 0.5) is 28.7 Å². The summed E-state index contributed by atoms with van der Waals surface area (Å²) in [6.07, 6.45) is 3.01. The molecule has 9 heteroatoms. The highest BCUT2D eigenvalue weighted by atomic mass is 35.5. The topological polar surface area (TPSA) is 107 Å². The van der Waals surface area contributed by atoms with E-state index in [0.717, 1.165) is 5.69 Å². The normalized spacial score (nSPS) is 12.5. The fourth-order valence-corrected chi connectivity index (χ4v) is 2.63. The molecular weight excluding hydrogens is 356 g/mol. The standard InChI is InChI=1S/C17H15ClN6O2/c18-15-11(2-1-5-20-15)24-17-14(19)16(21-9-22-17)23-10-3-4-12-13(8-10)26-7-6-25-12/h1-5,8-9H,6-7,19H2,(H2,21,22,23,24). The molecule has 0 saturated carbocycles. The molecule has 1 aliphatic rings. The lowest BCUT2D eigenvalue weighted by molar-refractivity contribution is 0.171. The molecular formula is C17H15ClN6O2. The molecule has 0 amide bonds. The van der Waals surface area contributed by atoms with Crippen LogP contribution in [0.15, 0.2) is 42.9 Å². The first kappa shape index (κ1) is 16.2. The molecule has 1 aromatic carbocycles. The van der Waals surface area contributed by atoms with Gasteiger partial charge in [0.05, 0.1) is 5.69 Å². The number of nitrogen functional groups attached to an aromatic ring is 1. The van der Waals surface area contributed by atoms with Crippen molar-refractivity contribution in [3.63, 3.8) is 0 Å². The summed E-state index contributed by atoms with van der Waals surface area (Å²) in [5.74, 6) is 2.27. The summed E-state index contributed by atoms with van der Waals surface area (Å²) in [7, 11) is 0. The van der Waals surface area contributed by atoms with Crippen LogP contribution >= 0.6 is 11.6 Å². The third-order valence-corrected chi connectivity index (χ3v) is 4.00. The molecule has 4 N–H and O–H groups in total. The van der Waals surface area contributed by atoms with Crippen molar-refractivity contribution in [1.29, 1.82) is 0 Å². The number of aromatic nitrogens is 3. The molecule has 4 rings (SSSR count). The third-order valence-electron chi connectivity index (χ3n) is 3.70. The lowest BCUT2D eigenvalue weighted by Gasteiger charge is -2.19. The van der Waals surface area contributed by atoms with E-state index >= 15 is 0 Å². The van der Waals surface area contributed by atoms with Crippen LogP contribution in [0.5, 0.6) is 11.5 Å². The SMILES string of the molecule is Nc1c(Nc2ccc3c(c2)OCCO3)ncnc1Nc1cccnc1Cl. The van der Waals surface area contributed by atoms with Gasteiger partial charge < -0.3 is 25.8 Å². The van der Waals surface area contributed by atoms with Crippen molar-refractivity contribution in [2.45, 2.75) is 0 Å². The first-order chi connectivity index (χ1) is 12.7. The Morgan fingerprint density at radius 2 is 1.73 bits per heavy atom. The van der Waals surface area contributed by atoms with Crippen LogP contribution in [0.3, 0.4) is 0 Å². The van der Waals surface area contributed by atoms with Gasteiger partial charge in [0, 0.05) is 18.0 Å². The summed E-state index contributed by atoms with van der Waals surface area (Å²) in [6, 6.07) is 9.08. The number of nitrogens with zero attached hydrogens (tertiary/aromatic N) is 3. The van der Waals surface area contributed by atoms with Gasteiger partial charge in [-0.15, -0.1) is 0 Å². The number of fused-ring (bicyclic) bond motifs is 1. The van der Waals surface area contributed by atoms with E-state index in [9.17, 15) is 0 Å². The largest absolute Gasteiger partial charge is 0.486 e. The number of hydrogen-bond acceptors (Lipinski definition) is 8. The van der Waals surface area contributed by atoms with E-state index in [-0.39, 0.29) is 0 Å². The number of halogens is 1. The highest BCUT2D eigenvalue weighted by Crippen LogP contribution is 2.35. The zero-order valence-electron chi connectivity index (χ0n) is 13.6. The molecule has 0 atom stereocenters. The van der Waals surface area contributed by atoms with Crippen LogP contribution in [0.25, 0.3) is 0 Å². The maximum absolute atomic E-state index is 6.20. The summed E-state index contributed by atoms with van der Waals surface area (Å²) in [4.78, 5) is 12.4. The third kappa shape index (κ3) is 3.27. The summed E-state index contributed by atoms with van der Waals surface area (Å²) in [5, 5.41) is 6.55. The van der Waals surface area contributed by atoms with Crippen molar-refractivity contribution in [3.05, 3.63) is 48.0 Å². The summed E-state index contributed by atoms with van der Waals surface area (Å²) >= 11 is 6.06. The fraction of sp³-hybridized carbons (Fsp3) is 0.118. The minimum atomic E-state index is 0.326. The number of nitrogens with one attached hydrogen (secondary N) is 2. The van der Waals surface area contributed by atoms with E-state index in [1.165, 1.54) is 6.33 Å². The van der Waals surface area contributed by atoms with E-state index in [4.69, 9.17) is 26.8 Å². The van der Waals surface area contributed by atoms with Gasteiger partial charge in [-0.3, -0.25) is 0 Å². The average molecular weight is 371 g/mol. The van der Waals surface area contributed by atoms with Crippen LogP contribution < -0.4 is 25.8 Å². The average Bonchev–Trinajstić information content (AvgIpc) is 2.66. The molecule has 2 aromatic heterocycles. The van der Waals surface area contributed by atoms with Gasteiger partial charge in [0.15, 0.2) is 28.3 Å². The van der Waals surface area contributed by atoms with Crippen LogP contribution in [-0.2, 0) is 0 Å². The maximum Gasteiger partial charge on any atom is 0.163 e. The Kier molecular flexibility index (Phi) is 4.32. The van der Waals surface area contributed by atoms with Gasteiger partial charge in [-0.25, -0.2) is 15.0 Å². The number of rotatable bonds is 4. The molecule has 3 heterocycles. The van der Waals surface area contributed by atoms with Gasteiger partial charge in [0.1, 0.15) is 25.2 Å². The van der Waals surface area contributed by atoms with E-state index < -0.39 is 0 Å². The summed E-state index contributed by atoms with van der Waals surface area (Å²) < 4.78 is 11.1. The lowest BCUT2D eigenvalue weighted by Crippen LogP contribution is -2.15. The molecule has 26 heavy (non-hydrogen) atoms. The minimum absolute atomic E-state index is 0.326. The van der Waals surface area contributed by atoms with Crippen LogP contribution in [0.2, 0.25) is 5.15 Å². The molecule has 0 aliphatic carbocycles. The number of anilines is 5. The molecule has 0 fully saturated rings. The minimum Gasteiger partial charge on any atom is -0.486 e. The zero-order chi connectivity index (χ0) is 17.9. The van der Waals surface area contributed by atoms with Gasteiger partial charge in [0.25, 0.3) is 0 Å². The first-order valence-electron chi connectivity index (χ1n) is 7.85. The predicted octanol–water partition coefficient (Wildman–Crippen LogP) is 3.37. The monoisotopic (exact) mass is 370 g/mol. The van der Waals surface area contributed by atoms with Crippen molar-refractivity contribution in [3.8, 4) is 11.5 Å². The second-order valence-electron chi connectivity index (χ2n) is 5.43. The highest BCUT2D eigenvalue weighted by molar-refractivity contribution is 6.32. The number of hydrogen-bond donors (Lipinski definition) is 3. The number of ether oxygens (including phenoxy) is 2. The molecule has 0 radical (unpaired) electrons. The van der Waals surface area contributed by atoms with Gasteiger partial charge in [-0.05, 0) is 24.3 Å². The second-order valence-corrected chi connectivity index (χ2v) is 5.79. The van der Waals surface area contributed by atoms with Crippen molar-refractivity contribution in [2.24, 2.45) is 0 Å². The van der Waals surface area contributed by atoms with Gasteiger partial charge in [-0.1, -0.05) is 11.6 Å². The Labute approximate surface area is 154 Å². The zero-order valence-corrected chi connectivity index (χ0v) is 14.3. The maximum atomic E-state index is 6.20. The Morgan fingerprint density at radius 1 is 0.962 bits per heavy atom. The lowest BCUT2D eigenvalue weighted by atomic mass is 10.2. The van der Waals surface area contributed by atoms with E-state index in [1.807, 2.05) is 18.2 Å². The molecule has 3 aromatic rings. The molecule has 1 aliphatic heterocycles. The molecule has 132 valence electrons. The second kappa shape index (κ2) is 6.93. The van der Waals surface area contributed by atoms with Crippen molar-refractivity contribution < 1.29 is 9.47 Å². The Bertz CT molecular complexity index is 952. The van der Waals surface area contributed by atoms with Crippen molar-refractivity contribution in [2.75, 3.05) is 29.6 Å². The van der Waals surface area contributed by atoms with Gasteiger partial charge in [0.2, 0.25) is 0 Å². The van der Waals surface area contributed by atoms with Crippen molar-refractivity contribution >= 4 is 40.3 Å². The smallest absolute Gasteiger partial charge is 0.163 e. The summed E-state index contributed by atoms with van der Waals surface area (Å²) in [5.41, 5.74) is 7.92. The highest BCUT2D eigenvalue weighted by Gasteiger charge is 2.14.